The van der Waals surface area contributed by atoms with Crippen LogP contribution in [0.25, 0.3) is 0 Å². The van der Waals surface area contributed by atoms with E-state index < -0.39 is 0 Å². The maximum absolute atomic E-state index is 11.3. The van der Waals surface area contributed by atoms with E-state index in [9.17, 15) is 4.79 Å². The molecule has 110 valence electrons. The van der Waals surface area contributed by atoms with Gasteiger partial charge in [-0.1, -0.05) is 6.42 Å². The molecule has 2 unspecified atom stereocenters. The number of carbonyl (C=O) groups excluding carboxylic acids is 1. The summed E-state index contributed by atoms with van der Waals surface area (Å²) < 4.78 is 0. The van der Waals surface area contributed by atoms with Crippen LogP contribution >= 0.6 is 0 Å². The van der Waals surface area contributed by atoms with Gasteiger partial charge in [0.15, 0.2) is 0 Å². The lowest BCUT2D eigenvalue weighted by Gasteiger charge is -2.36. The van der Waals surface area contributed by atoms with E-state index in [2.05, 4.69) is 15.5 Å². The fourth-order valence-electron chi connectivity index (χ4n) is 3.25. The van der Waals surface area contributed by atoms with Crippen LogP contribution in [-0.2, 0) is 4.79 Å². The molecule has 0 radical (unpaired) electrons. The second-order valence-electron chi connectivity index (χ2n) is 6.01. The van der Waals surface area contributed by atoms with Gasteiger partial charge in [0.05, 0.1) is 6.54 Å². The fraction of sp³-hybridized carbons (Fsp3) is 0.929. The molecular weight excluding hydrogens is 240 g/mol. The third kappa shape index (κ3) is 4.75. The largest absolute Gasteiger partial charge is 0.358 e. The smallest absolute Gasteiger partial charge is 0.233 e. The number of hydrogen-bond acceptors (Lipinski definition) is 4. The molecule has 2 fully saturated rings. The van der Waals surface area contributed by atoms with Crippen molar-refractivity contribution in [2.75, 3.05) is 26.7 Å². The van der Waals surface area contributed by atoms with E-state index in [1.807, 2.05) is 0 Å². The van der Waals surface area contributed by atoms with E-state index in [1.54, 1.807) is 7.05 Å². The molecule has 1 saturated carbocycles. The normalized spacial score (nSPS) is 30.2. The molecule has 19 heavy (non-hydrogen) atoms. The summed E-state index contributed by atoms with van der Waals surface area (Å²) in [6.45, 7) is 2.57. The molecule has 1 heterocycles. The number of hydrogen-bond donors (Lipinski definition) is 3. The lowest BCUT2D eigenvalue weighted by atomic mass is 9.90. The summed E-state index contributed by atoms with van der Waals surface area (Å²) in [4.78, 5) is 13.6. The number of carbonyl (C=O) groups is 1. The van der Waals surface area contributed by atoms with Gasteiger partial charge >= 0.3 is 0 Å². The summed E-state index contributed by atoms with van der Waals surface area (Å²) in [5, 5.41) is 6.45. The SMILES string of the molecule is CNC(=O)CN1CCC(NC2CCCC(N)C2)CC1. The number of likely N-dealkylation sites (N-methyl/N-ethyl adjacent to an activating group) is 1. The highest BCUT2D eigenvalue weighted by molar-refractivity contribution is 5.77. The first-order valence-electron chi connectivity index (χ1n) is 7.62. The zero-order valence-electron chi connectivity index (χ0n) is 12.0. The Hall–Kier alpha value is -0.650. The Balaban J connectivity index is 1.67. The number of nitrogens with zero attached hydrogens (tertiary/aromatic N) is 1. The average Bonchev–Trinajstić information content (AvgIpc) is 2.41. The average molecular weight is 268 g/mol. The number of nitrogens with two attached hydrogens (primary N) is 1. The second kappa shape index (κ2) is 7.22. The summed E-state index contributed by atoms with van der Waals surface area (Å²) in [6.07, 6.45) is 7.12. The zero-order chi connectivity index (χ0) is 13.7. The van der Waals surface area contributed by atoms with Crippen LogP contribution in [0.2, 0.25) is 0 Å². The first kappa shape index (κ1) is 14.8. The molecule has 0 spiro atoms. The molecule has 1 aliphatic heterocycles. The van der Waals surface area contributed by atoms with E-state index in [-0.39, 0.29) is 5.91 Å². The molecule has 5 nitrogen and oxygen atoms in total. The molecule has 1 amide bonds. The van der Waals surface area contributed by atoms with Gasteiger partial charge in [-0.05, 0) is 32.1 Å². The van der Waals surface area contributed by atoms with Crippen molar-refractivity contribution >= 4 is 5.91 Å². The highest BCUT2D eigenvalue weighted by Crippen LogP contribution is 2.19. The molecule has 2 aliphatic rings. The van der Waals surface area contributed by atoms with Gasteiger partial charge in [-0.25, -0.2) is 0 Å². The number of nitrogens with one attached hydrogen (secondary N) is 2. The highest BCUT2D eigenvalue weighted by atomic mass is 16.1. The third-order valence-electron chi connectivity index (χ3n) is 4.42. The topological polar surface area (TPSA) is 70.4 Å². The molecule has 2 rings (SSSR count). The van der Waals surface area contributed by atoms with E-state index in [0.29, 0.717) is 24.7 Å². The van der Waals surface area contributed by atoms with Crippen LogP contribution in [0.15, 0.2) is 0 Å². The van der Waals surface area contributed by atoms with Crippen molar-refractivity contribution in [3.63, 3.8) is 0 Å². The van der Waals surface area contributed by atoms with Crippen LogP contribution in [-0.4, -0.2) is 55.6 Å². The highest BCUT2D eigenvalue weighted by Gasteiger charge is 2.25. The number of rotatable bonds is 4. The van der Waals surface area contributed by atoms with Crippen LogP contribution < -0.4 is 16.4 Å². The first-order chi connectivity index (χ1) is 9.17. The maximum atomic E-state index is 11.3. The molecular formula is C14H28N4O. The van der Waals surface area contributed by atoms with Gasteiger partial charge in [0.1, 0.15) is 0 Å². The van der Waals surface area contributed by atoms with Crippen molar-refractivity contribution in [3.8, 4) is 0 Å². The van der Waals surface area contributed by atoms with E-state index in [4.69, 9.17) is 5.73 Å². The molecule has 0 aromatic rings. The monoisotopic (exact) mass is 268 g/mol. The van der Waals surface area contributed by atoms with Crippen LogP contribution in [0.5, 0.6) is 0 Å². The van der Waals surface area contributed by atoms with Crippen molar-refractivity contribution in [3.05, 3.63) is 0 Å². The van der Waals surface area contributed by atoms with Crippen molar-refractivity contribution in [1.29, 1.82) is 0 Å². The van der Waals surface area contributed by atoms with Gasteiger partial charge in [0, 0.05) is 38.3 Å². The Morgan fingerprint density at radius 3 is 2.58 bits per heavy atom. The standard InChI is InChI=1S/C14H28N4O/c1-16-14(19)10-18-7-5-12(6-8-18)17-13-4-2-3-11(15)9-13/h11-13,17H,2-10,15H2,1H3,(H,16,19). The van der Waals surface area contributed by atoms with Gasteiger partial charge < -0.3 is 16.4 Å². The molecule has 0 bridgehead atoms. The van der Waals surface area contributed by atoms with Crippen LogP contribution in [0, 0.1) is 0 Å². The minimum absolute atomic E-state index is 0.115. The number of likely N-dealkylation sites (tertiary alicyclic amines) is 1. The predicted octanol–water partition coefficient (Wildman–Crippen LogP) is 0.0563. The zero-order valence-corrected chi connectivity index (χ0v) is 12.0. The molecule has 1 aliphatic carbocycles. The van der Waals surface area contributed by atoms with Crippen LogP contribution in [0.4, 0.5) is 0 Å². The molecule has 5 heteroatoms. The Morgan fingerprint density at radius 1 is 1.21 bits per heavy atom. The lowest BCUT2D eigenvalue weighted by Crippen LogP contribution is -2.50. The quantitative estimate of drug-likeness (QED) is 0.674. The van der Waals surface area contributed by atoms with Crippen molar-refractivity contribution in [2.45, 2.75) is 56.7 Å². The van der Waals surface area contributed by atoms with Crippen molar-refractivity contribution < 1.29 is 4.79 Å². The van der Waals surface area contributed by atoms with Crippen molar-refractivity contribution in [1.82, 2.24) is 15.5 Å². The van der Waals surface area contributed by atoms with Gasteiger partial charge in [-0.2, -0.15) is 0 Å². The van der Waals surface area contributed by atoms with Crippen LogP contribution in [0.1, 0.15) is 38.5 Å². The lowest BCUT2D eigenvalue weighted by molar-refractivity contribution is -0.122. The summed E-state index contributed by atoms with van der Waals surface area (Å²) in [7, 11) is 1.70. The van der Waals surface area contributed by atoms with Gasteiger partial charge in [0.2, 0.25) is 5.91 Å². The molecule has 4 N–H and O–H groups in total. The molecule has 0 aromatic heterocycles. The van der Waals surface area contributed by atoms with Crippen LogP contribution in [0.3, 0.4) is 0 Å². The predicted molar refractivity (Wildman–Crippen MR) is 76.9 cm³/mol. The molecule has 2 atom stereocenters. The first-order valence-corrected chi connectivity index (χ1v) is 7.62. The Bertz CT molecular complexity index is 289. The van der Waals surface area contributed by atoms with Gasteiger partial charge in [0.25, 0.3) is 0 Å². The Kier molecular flexibility index (Phi) is 5.60. The van der Waals surface area contributed by atoms with Gasteiger partial charge in [-0.3, -0.25) is 9.69 Å². The summed E-state index contributed by atoms with van der Waals surface area (Å²) in [5.74, 6) is 0.115. The van der Waals surface area contributed by atoms with Crippen molar-refractivity contribution in [2.24, 2.45) is 5.73 Å². The Morgan fingerprint density at radius 2 is 1.95 bits per heavy atom. The van der Waals surface area contributed by atoms with E-state index in [1.165, 1.54) is 19.3 Å². The molecule has 1 saturated heterocycles. The third-order valence-corrected chi connectivity index (χ3v) is 4.42. The summed E-state index contributed by atoms with van der Waals surface area (Å²) >= 11 is 0. The fourth-order valence-corrected chi connectivity index (χ4v) is 3.25. The minimum Gasteiger partial charge on any atom is -0.358 e. The molecule has 0 aromatic carbocycles. The van der Waals surface area contributed by atoms with E-state index in [0.717, 1.165) is 32.4 Å². The van der Waals surface area contributed by atoms with E-state index >= 15 is 0 Å². The summed E-state index contributed by atoms with van der Waals surface area (Å²) in [6, 6.07) is 1.61. The minimum atomic E-state index is 0.115. The number of piperidine rings is 1. The van der Waals surface area contributed by atoms with Gasteiger partial charge in [-0.15, -0.1) is 0 Å². The summed E-state index contributed by atoms with van der Waals surface area (Å²) in [5.41, 5.74) is 6.03. The second-order valence-corrected chi connectivity index (χ2v) is 6.01. The maximum Gasteiger partial charge on any atom is 0.233 e. The number of amides is 1. The Labute approximate surface area is 116 Å².